The molecule has 14 aromatic rings. The number of nitrogens with zero attached hydrogens (tertiary/aromatic N) is 28. The fourth-order valence-corrected chi connectivity index (χ4v) is 14.5. The van der Waals surface area contributed by atoms with Gasteiger partial charge in [-0.2, -0.15) is 19.9 Å². The SMILES string of the molecule is C.CC(C)(C)Cn1cnc2c(-c3cnc(N)cn3)nc(N3CCOCC3)nc21.Cc1nc2c(-c3cnc(N)cn3)nc(N3CCOCC3)nc2n1C1CCOC1.Nc1cnc(-c2nc(N3CCOCC3)nc3c2ncn3-c2ccccc2)cn1.Nc1cnc(-c2nc(N3CCOCC3)nc3c2ncn3C2Cc3ccccc3C2)cn1. The lowest BCUT2D eigenvalue weighted by Gasteiger charge is -2.27. The van der Waals surface area contributed by atoms with Gasteiger partial charge in [0.15, 0.2) is 22.6 Å². The van der Waals surface area contributed by atoms with Crippen LogP contribution in [-0.4, -0.2) is 236 Å². The zero-order valence-electron chi connectivity index (χ0n) is 63.6. The smallest absolute Gasteiger partial charge is 0.228 e. The van der Waals surface area contributed by atoms with Crippen LogP contribution in [0.15, 0.2) is 123 Å². The van der Waals surface area contributed by atoms with Crippen LogP contribution in [0.4, 0.5) is 47.1 Å². The summed E-state index contributed by atoms with van der Waals surface area (Å²) in [7, 11) is 0. The normalized spacial score (nSPS) is 16.6. The zero-order chi connectivity index (χ0) is 77.8. The number of anilines is 8. The monoisotopic (exact) mass is 1550 g/mol. The summed E-state index contributed by atoms with van der Waals surface area (Å²) < 4.78 is 35.9. The van der Waals surface area contributed by atoms with Gasteiger partial charge in [0.2, 0.25) is 23.8 Å². The Bertz CT molecular complexity index is 5650. The summed E-state index contributed by atoms with van der Waals surface area (Å²) in [5.74, 6) is 4.98. The molecule has 1 unspecified atom stereocenters. The number of benzene rings is 2. The van der Waals surface area contributed by atoms with Crippen LogP contribution in [0.3, 0.4) is 0 Å². The molecule has 17 heterocycles. The molecule has 0 saturated carbocycles. The molecule has 0 bridgehead atoms. The Kier molecular flexibility index (Phi) is 22.2. The van der Waals surface area contributed by atoms with Gasteiger partial charge in [0.25, 0.3) is 0 Å². The Labute approximate surface area is 661 Å². The summed E-state index contributed by atoms with van der Waals surface area (Å²) >= 11 is 0. The highest BCUT2D eigenvalue weighted by Crippen LogP contribution is 2.37. The van der Waals surface area contributed by atoms with E-state index < -0.39 is 0 Å². The van der Waals surface area contributed by atoms with Gasteiger partial charge in [-0.05, 0) is 54.9 Å². The summed E-state index contributed by atoms with van der Waals surface area (Å²) in [5.41, 5.74) is 37.8. The first kappa shape index (κ1) is 76.2. The molecule has 12 aromatic heterocycles. The van der Waals surface area contributed by atoms with Crippen molar-refractivity contribution in [3.63, 3.8) is 0 Å². The second kappa shape index (κ2) is 33.5. The Hall–Kier alpha value is -12.8. The Morgan fingerprint density at radius 1 is 0.383 bits per heavy atom. The molecule has 8 N–H and O–H groups in total. The van der Waals surface area contributed by atoms with Crippen LogP contribution in [0.1, 0.15) is 63.7 Å². The predicted molar refractivity (Wildman–Crippen MR) is 435 cm³/mol. The number of nitrogen functional groups attached to an aromatic ring is 4. The topological polar surface area (TPSA) is 441 Å². The third-order valence-electron chi connectivity index (χ3n) is 20.2. The lowest BCUT2D eigenvalue weighted by atomic mass is 9.97. The van der Waals surface area contributed by atoms with Crippen molar-refractivity contribution in [2.75, 3.05) is 161 Å². The third kappa shape index (κ3) is 16.5. The van der Waals surface area contributed by atoms with Gasteiger partial charge in [0.05, 0.1) is 128 Å². The molecule has 592 valence electrons. The zero-order valence-corrected chi connectivity index (χ0v) is 63.6. The number of aryl methyl sites for hydroxylation is 1. The minimum absolute atomic E-state index is 0. The summed E-state index contributed by atoms with van der Waals surface area (Å²) in [5, 5.41) is 0. The first-order valence-electron chi connectivity index (χ1n) is 38.0. The van der Waals surface area contributed by atoms with Gasteiger partial charge in [-0.15, -0.1) is 0 Å². The van der Waals surface area contributed by atoms with E-state index in [9.17, 15) is 0 Å². The fourth-order valence-electron chi connectivity index (χ4n) is 14.5. The van der Waals surface area contributed by atoms with E-state index in [1.807, 2.05) is 54.5 Å². The van der Waals surface area contributed by atoms with Crippen LogP contribution >= 0.6 is 0 Å². The van der Waals surface area contributed by atoms with Gasteiger partial charge in [-0.1, -0.05) is 70.7 Å². The molecule has 5 fully saturated rings. The summed E-state index contributed by atoms with van der Waals surface area (Å²) in [6, 6.07) is 19.1. The predicted octanol–water partition coefficient (Wildman–Crippen LogP) is 7.09. The minimum atomic E-state index is 0. The van der Waals surface area contributed by atoms with Gasteiger partial charge < -0.3 is 79.9 Å². The van der Waals surface area contributed by atoms with Crippen molar-refractivity contribution in [1.82, 2.24) is 118 Å². The molecule has 0 spiro atoms. The van der Waals surface area contributed by atoms with Crippen molar-refractivity contribution in [2.45, 2.75) is 73.0 Å². The van der Waals surface area contributed by atoms with Crippen LogP contribution in [0.2, 0.25) is 0 Å². The number of hydrogen-bond donors (Lipinski definition) is 4. The van der Waals surface area contributed by atoms with Gasteiger partial charge in [0.1, 0.15) is 103 Å². The maximum absolute atomic E-state index is 5.74. The van der Waals surface area contributed by atoms with E-state index in [4.69, 9.17) is 96.5 Å². The second-order valence-electron chi connectivity index (χ2n) is 29.3. The molecular weight excluding hydrogens is 1470 g/mol. The highest BCUT2D eigenvalue weighted by Gasteiger charge is 2.32. The Balaban J connectivity index is 0.000000115. The molecule has 1 atom stereocenters. The van der Waals surface area contributed by atoms with Crippen LogP contribution in [0.5, 0.6) is 0 Å². The summed E-state index contributed by atoms with van der Waals surface area (Å²) in [4.78, 5) is 100. The molecule has 0 radical (unpaired) electrons. The van der Waals surface area contributed by atoms with E-state index in [2.05, 4.69) is 128 Å². The largest absolute Gasteiger partial charge is 0.382 e. The van der Waals surface area contributed by atoms with E-state index in [0.29, 0.717) is 158 Å². The minimum Gasteiger partial charge on any atom is -0.382 e. The molecule has 2 aromatic carbocycles. The molecule has 115 heavy (non-hydrogen) atoms. The first-order valence-corrected chi connectivity index (χ1v) is 38.0. The van der Waals surface area contributed by atoms with E-state index >= 15 is 0 Å². The van der Waals surface area contributed by atoms with Gasteiger partial charge in [-0.3, -0.25) is 4.57 Å². The average Bonchev–Trinajstić information content (AvgIpc) is 1.62. The number of hydrogen-bond acceptors (Lipinski definition) is 33. The maximum atomic E-state index is 5.74. The van der Waals surface area contributed by atoms with Crippen LogP contribution in [0.25, 0.3) is 95.9 Å². The number of para-hydroxylation sites is 1. The van der Waals surface area contributed by atoms with E-state index in [1.54, 1.807) is 37.3 Å². The maximum Gasteiger partial charge on any atom is 0.228 e. The lowest BCUT2D eigenvalue weighted by molar-refractivity contribution is 0.122. The fraction of sp³-hybridized carbons (Fsp3) is 0.385. The number of fused-ring (bicyclic) bond motifs is 5. The van der Waals surface area contributed by atoms with Crippen LogP contribution < -0.4 is 42.5 Å². The van der Waals surface area contributed by atoms with Gasteiger partial charge in [0, 0.05) is 77.2 Å². The summed E-state index contributed by atoms with van der Waals surface area (Å²) in [6.07, 6.45) is 21.0. The molecule has 37 heteroatoms. The molecule has 5 aliphatic heterocycles. The third-order valence-corrected chi connectivity index (χ3v) is 20.2. The molecule has 1 aliphatic carbocycles. The van der Waals surface area contributed by atoms with Crippen molar-refractivity contribution in [3.8, 4) is 51.2 Å². The second-order valence-corrected chi connectivity index (χ2v) is 29.3. The molecule has 20 rings (SSSR count). The molecule has 0 amide bonds. The standard InChI is InChI=1S/C22H22N8O.C19H18N8O.C18H22N8O2.C18H24N8O.CH4/c23-18-12-24-17(11-25-18)19-20-21(28-22(27-19)29-5-7-31-8-6-29)30(13-26-20)16-9-14-3-1-2-4-15(14)10-16;20-15-11-21-14(10-22-15)16-17-18(25-19(24-16)26-6-8-28-9-7-26)27(12-23-17)13-4-2-1-3-5-13;1-11-22-16-15(13-8-21-14(19)9-20-13)23-18(25-3-6-27-7-4-25)24-17(16)26(11)12-2-5-28-10-12;1-18(2,3)10-26-11-22-15-14(12-8-21-13(19)9-20-12)23-17(24-16(15)26)25-4-6-27-7-5-25;/h1-4,11-13,16H,5-10H2,(H2,23,25);1-5,10-12H,6-9H2,(H2,20,22);8-9,12H,2-7,10H2,1H3,(H2,19,21);8-9,11H,4-7,10H2,1-3H3,(H2,19,21);1H4. The van der Waals surface area contributed by atoms with Crippen molar-refractivity contribution in [3.05, 3.63) is 140 Å². The highest BCUT2D eigenvalue weighted by molar-refractivity contribution is 5.91. The van der Waals surface area contributed by atoms with Crippen molar-refractivity contribution in [2.24, 2.45) is 5.41 Å². The number of imidazole rings is 4. The number of nitrogens with two attached hydrogens (primary N) is 4. The van der Waals surface area contributed by atoms with E-state index in [1.165, 1.54) is 29.7 Å². The van der Waals surface area contributed by atoms with Gasteiger partial charge >= 0.3 is 0 Å². The van der Waals surface area contributed by atoms with Crippen LogP contribution in [0, 0.1) is 12.3 Å². The number of aromatic nitrogens is 24. The molecular formula is C78H90N32O5. The van der Waals surface area contributed by atoms with Crippen molar-refractivity contribution < 1.29 is 23.7 Å². The van der Waals surface area contributed by atoms with E-state index in [0.717, 1.165) is 135 Å². The van der Waals surface area contributed by atoms with E-state index in [-0.39, 0.29) is 24.9 Å². The lowest BCUT2D eigenvalue weighted by Crippen LogP contribution is -2.37. The summed E-state index contributed by atoms with van der Waals surface area (Å²) in [6.45, 7) is 22.0. The number of ether oxygens (including phenoxy) is 5. The van der Waals surface area contributed by atoms with Crippen molar-refractivity contribution >= 4 is 91.7 Å². The Morgan fingerprint density at radius 2 is 0.774 bits per heavy atom. The number of morpholine rings is 4. The number of rotatable bonds is 12. The molecule has 6 aliphatic rings. The quantitative estimate of drug-likeness (QED) is 0.0948. The Morgan fingerprint density at radius 3 is 1.20 bits per heavy atom. The highest BCUT2D eigenvalue weighted by atomic mass is 16.5. The molecule has 5 saturated heterocycles. The van der Waals surface area contributed by atoms with Crippen LogP contribution in [-0.2, 0) is 43.1 Å². The average molecular weight is 1560 g/mol. The first-order chi connectivity index (χ1) is 55.7. The van der Waals surface area contributed by atoms with Crippen molar-refractivity contribution in [1.29, 1.82) is 0 Å². The van der Waals surface area contributed by atoms with Gasteiger partial charge in [-0.25, -0.2) is 79.7 Å². The molecule has 37 nitrogen and oxygen atoms in total.